The lowest BCUT2D eigenvalue weighted by Crippen LogP contribution is -1.91. The van der Waals surface area contributed by atoms with Crippen molar-refractivity contribution in [3.63, 3.8) is 0 Å². The molecule has 1 aromatic heterocycles. The molecule has 0 atom stereocenters. The van der Waals surface area contributed by atoms with Crippen molar-refractivity contribution < 1.29 is 9.13 Å². The molecule has 0 saturated heterocycles. The molecule has 18 heavy (non-hydrogen) atoms. The molecule has 90 valence electrons. The highest BCUT2D eigenvalue weighted by Crippen LogP contribution is 2.26. The predicted octanol–water partition coefficient (Wildman–Crippen LogP) is 3.42. The highest BCUT2D eigenvalue weighted by molar-refractivity contribution is 6.30. The maximum atomic E-state index is 13.5. The van der Waals surface area contributed by atoms with Crippen LogP contribution < -0.4 is 4.74 Å². The van der Waals surface area contributed by atoms with Crippen LogP contribution in [0.1, 0.15) is 5.56 Å². The molecule has 0 amide bonds. The Morgan fingerprint density at radius 3 is 2.67 bits per heavy atom. The number of hydrogen-bond acceptors (Lipinski definition) is 3. The molecule has 0 radical (unpaired) electrons. The number of benzene rings is 1. The third kappa shape index (κ3) is 2.27. The Bertz CT molecular complexity index is 637. The summed E-state index contributed by atoms with van der Waals surface area (Å²) >= 11 is 5.83. The van der Waals surface area contributed by atoms with E-state index in [2.05, 4.69) is 4.98 Å². The first-order valence-electron chi connectivity index (χ1n) is 5.06. The first-order valence-corrected chi connectivity index (χ1v) is 5.44. The number of aromatic nitrogens is 1. The highest BCUT2D eigenvalue weighted by Gasteiger charge is 2.08. The van der Waals surface area contributed by atoms with Crippen LogP contribution in [-0.2, 0) is 0 Å². The monoisotopic (exact) mass is 262 g/mol. The van der Waals surface area contributed by atoms with E-state index in [-0.39, 0.29) is 16.5 Å². The van der Waals surface area contributed by atoms with E-state index in [0.717, 1.165) is 0 Å². The second kappa shape index (κ2) is 5.03. The molecular formula is C13H8ClFN2O. The van der Waals surface area contributed by atoms with Gasteiger partial charge in [0.2, 0.25) is 0 Å². The molecule has 0 N–H and O–H groups in total. The van der Waals surface area contributed by atoms with Crippen LogP contribution >= 0.6 is 11.6 Å². The van der Waals surface area contributed by atoms with Crippen molar-refractivity contribution in [2.75, 3.05) is 7.11 Å². The number of hydrogen-bond donors (Lipinski definition) is 0. The van der Waals surface area contributed by atoms with Crippen LogP contribution in [0.5, 0.6) is 5.75 Å². The molecule has 0 unspecified atom stereocenters. The second-order valence-electron chi connectivity index (χ2n) is 3.50. The molecule has 1 aromatic carbocycles. The molecular weight excluding hydrogens is 255 g/mol. The van der Waals surface area contributed by atoms with Gasteiger partial charge in [0.05, 0.1) is 18.4 Å². The van der Waals surface area contributed by atoms with Gasteiger partial charge in [0.15, 0.2) is 11.6 Å². The van der Waals surface area contributed by atoms with Crippen LogP contribution in [-0.4, -0.2) is 12.1 Å². The molecule has 0 aliphatic carbocycles. The highest BCUT2D eigenvalue weighted by atomic mass is 35.5. The van der Waals surface area contributed by atoms with Crippen LogP contribution in [0.4, 0.5) is 4.39 Å². The minimum atomic E-state index is -0.475. The fraction of sp³-hybridized carbons (Fsp3) is 0.0769. The minimum Gasteiger partial charge on any atom is -0.494 e. The molecule has 2 rings (SSSR count). The lowest BCUT2D eigenvalue weighted by molar-refractivity contribution is 0.386. The van der Waals surface area contributed by atoms with Crippen LogP contribution in [0.2, 0.25) is 5.15 Å². The lowest BCUT2D eigenvalue weighted by atomic mass is 10.1. The standard InChI is InChI=1S/C13H8ClFN2O/c1-18-12-5-3-8(6-10(12)15)11-4-2-9(7-16)13(14)17-11/h2-6H,1H3. The largest absolute Gasteiger partial charge is 0.494 e. The van der Waals surface area contributed by atoms with E-state index in [1.54, 1.807) is 18.2 Å². The summed E-state index contributed by atoms with van der Waals surface area (Å²) in [6.07, 6.45) is 0. The van der Waals surface area contributed by atoms with E-state index in [1.165, 1.54) is 19.2 Å². The summed E-state index contributed by atoms with van der Waals surface area (Å²) in [6.45, 7) is 0. The first-order chi connectivity index (χ1) is 8.65. The summed E-state index contributed by atoms with van der Waals surface area (Å²) in [4.78, 5) is 4.05. The quantitative estimate of drug-likeness (QED) is 0.779. The molecule has 0 aliphatic heterocycles. The Kier molecular flexibility index (Phi) is 3.45. The predicted molar refractivity (Wildman–Crippen MR) is 65.9 cm³/mol. The third-order valence-electron chi connectivity index (χ3n) is 2.42. The number of halogens is 2. The van der Waals surface area contributed by atoms with Gasteiger partial charge in [-0.2, -0.15) is 5.26 Å². The smallest absolute Gasteiger partial charge is 0.165 e. The number of ether oxygens (including phenoxy) is 1. The maximum absolute atomic E-state index is 13.5. The van der Waals surface area contributed by atoms with E-state index in [1.807, 2.05) is 6.07 Å². The van der Waals surface area contributed by atoms with Gasteiger partial charge in [0.25, 0.3) is 0 Å². The van der Waals surface area contributed by atoms with Crippen molar-refractivity contribution in [2.45, 2.75) is 0 Å². The fourth-order valence-electron chi connectivity index (χ4n) is 1.50. The Morgan fingerprint density at radius 2 is 2.11 bits per heavy atom. The van der Waals surface area contributed by atoms with E-state index >= 15 is 0 Å². The Labute approximate surface area is 108 Å². The fourth-order valence-corrected chi connectivity index (χ4v) is 1.70. The normalized spacial score (nSPS) is 9.89. The van der Waals surface area contributed by atoms with Crippen molar-refractivity contribution in [2.24, 2.45) is 0 Å². The van der Waals surface area contributed by atoms with Gasteiger partial charge < -0.3 is 4.74 Å². The SMILES string of the molecule is COc1ccc(-c2ccc(C#N)c(Cl)n2)cc1F. The van der Waals surface area contributed by atoms with Crippen molar-refractivity contribution in [1.82, 2.24) is 4.98 Å². The van der Waals surface area contributed by atoms with Gasteiger partial charge in [0.1, 0.15) is 11.2 Å². The molecule has 0 bridgehead atoms. The average Bonchev–Trinajstić information content (AvgIpc) is 2.38. The maximum Gasteiger partial charge on any atom is 0.165 e. The number of pyridine rings is 1. The number of nitriles is 1. The van der Waals surface area contributed by atoms with E-state index < -0.39 is 5.82 Å². The molecule has 5 heteroatoms. The Morgan fingerprint density at radius 1 is 1.33 bits per heavy atom. The zero-order chi connectivity index (χ0) is 13.1. The van der Waals surface area contributed by atoms with E-state index in [4.69, 9.17) is 21.6 Å². The number of methoxy groups -OCH3 is 1. The van der Waals surface area contributed by atoms with Crippen molar-refractivity contribution in [3.05, 3.63) is 46.9 Å². The number of rotatable bonds is 2. The summed E-state index contributed by atoms with van der Waals surface area (Å²) in [6, 6.07) is 9.57. The second-order valence-corrected chi connectivity index (χ2v) is 3.85. The average molecular weight is 263 g/mol. The van der Waals surface area contributed by atoms with Gasteiger partial charge in [-0.05, 0) is 30.3 Å². The third-order valence-corrected chi connectivity index (χ3v) is 2.70. The zero-order valence-corrected chi connectivity index (χ0v) is 10.2. The molecule has 2 aromatic rings. The first kappa shape index (κ1) is 12.3. The van der Waals surface area contributed by atoms with E-state index in [9.17, 15) is 4.39 Å². The molecule has 0 fully saturated rings. The van der Waals surface area contributed by atoms with Gasteiger partial charge in [-0.25, -0.2) is 9.37 Å². The van der Waals surface area contributed by atoms with Crippen molar-refractivity contribution >= 4 is 11.6 Å². The van der Waals surface area contributed by atoms with Gasteiger partial charge in [0, 0.05) is 5.56 Å². The van der Waals surface area contributed by atoms with Gasteiger partial charge in [-0.1, -0.05) is 11.6 Å². The summed E-state index contributed by atoms with van der Waals surface area (Å²) < 4.78 is 18.4. The van der Waals surface area contributed by atoms with Crippen molar-refractivity contribution in [3.8, 4) is 23.1 Å². The molecule has 3 nitrogen and oxygen atoms in total. The summed E-state index contributed by atoms with van der Waals surface area (Å²) in [5.74, 6) is -0.309. The summed E-state index contributed by atoms with van der Waals surface area (Å²) in [5.41, 5.74) is 1.36. The summed E-state index contributed by atoms with van der Waals surface area (Å²) in [7, 11) is 1.40. The Hall–Kier alpha value is -2.12. The minimum absolute atomic E-state index is 0.103. The van der Waals surface area contributed by atoms with E-state index in [0.29, 0.717) is 11.3 Å². The topological polar surface area (TPSA) is 45.9 Å². The lowest BCUT2D eigenvalue weighted by Gasteiger charge is -2.05. The van der Waals surface area contributed by atoms with Crippen LogP contribution in [0.25, 0.3) is 11.3 Å². The van der Waals surface area contributed by atoms with Gasteiger partial charge >= 0.3 is 0 Å². The van der Waals surface area contributed by atoms with Crippen molar-refractivity contribution in [1.29, 1.82) is 5.26 Å². The zero-order valence-electron chi connectivity index (χ0n) is 9.45. The van der Waals surface area contributed by atoms with Crippen LogP contribution in [0, 0.1) is 17.1 Å². The molecule has 1 heterocycles. The molecule has 0 aliphatic rings. The molecule has 0 spiro atoms. The van der Waals surface area contributed by atoms with Gasteiger partial charge in [-0.3, -0.25) is 0 Å². The Balaban J connectivity index is 2.46. The number of nitrogens with zero attached hydrogens (tertiary/aromatic N) is 2. The van der Waals surface area contributed by atoms with Gasteiger partial charge in [-0.15, -0.1) is 0 Å². The van der Waals surface area contributed by atoms with Crippen LogP contribution in [0.3, 0.4) is 0 Å². The summed E-state index contributed by atoms with van der Waals surface area (Å²) in [5, 5.41) is 8.84. The molecule has 0 saturated carbocycles. The van der Waals surface area contributed by atoms with Crippen LogP contribution in [0.15, 0.2) is 30.3 Å².